The van der Waals surface area contributed by atoms with Crippen LogP contribution in [0.4, 0.5) is 0 Å². The predicted molar refractivity (Wildman–Crippen MR) is 76.1 cm³/mol. The second-order valence-corrected chi connectivity index (χ2v) is 5.51. The van der Waals surface area contributed by atoms with Crippen molar-refractivity contribution in [1.29, 1.82) is 0 Å². The Balaban J connectivity index is 1.87. The maximum atomic E-state index is 10.6. The van der Waals surface area contributed by atoms with Crippen molar-refractivity contribution in [2.45, 2.75) is 39.2 Å². The van der Waals surface area contributed by atoms with Crippen molar-refractivity contribution in [2.24, 2.45) is 5.92 Å². The number of rotatable bonds is 7. The number of benzene rings is 1. The summed E-state index contributed by atoms with van der Waals surface area (Å²) in [6.07, 6.45) is 4.27. The Hall–Kier alpha value is -1.35. The molecule has 0 aromatic heterocycles. The fraction of sp³-hybridized carbons (Fsp3) is 0.562. The van der Waals surface area contributed by atoms with Crippen LogP contribution in [-0.2, 0) is 17.8 Å². The van der Waals surface area contributed by atoms with Gasteiger partial charge in [0.15, 0.2) is 0 Å². The second-order valence-electron chi connectivity index (χ2n) is 5.51. The molecular weight excluding hydrogens is 238 g/mol. The first-order chi connectivity index (χ1) is 9.17. The highest BCUT2D eigenvalue weighted by atomic mass is 16.4. The van der Waals surface area contributed by atoms with Crippen LogP contribution in [0.3, 0.4) is 0 Å². The molecule has 0 atom stereocenters. The Morgan fingerprint density at radius 2 is 1.89 bits per heavy atom. The highest BCUT2D eigenvalue weighted by molar-refractivity contribution is 5.70. The highest BCUT2D eigenvalue weighted by Crippen LogP contribution is 2.27. The first-order valence-corrected chi connectivity index (χ1v) is 7.19. The van der Waals surface area contributed by atoms with E-state index in [1.807, 2.05) is 12.1 Å². The van der Waals surface area contributed by atoms with E-state index in [1.54, 1.807) is 0 Å². The van der Waals surface area contributed by atoms with Gasteiger partial charge in [-0.1, -0.05) is 37.6 Å². The smallest absolute Gasteiger partial charge is 0.307 e. The Morgan fingerprint density at radius 1 is 1.26 bits per heavy atom. The molecule has 0 unspecified atom stereocenters. The number of carbonyl (C=O) groups is 1. The lowest BCUT2D eigenvalue weighted by Crippen LogP contribution is -2.32. The number of carboxylic acid groups (broad SMARTS) is 1. The van der Waals surface area contributed by atoms with Gasteiger partial charge in [-0.05, 0) is 36.4 Å². The summed E-state index contributed by atoms with van der Waals surface area (Å²) in [5, 5.41) is 8.74. The van der Waals surface area contributed by atoms with Gasteiger partial charge >= 0.3 is 5.97 Å². The molecule has 1 aromatic rings. The lowest BCUT2D eigenvalue weighted by atomic mass is 9.85. The first-order valence-electron chi connectivity index (χ1n) is 7.19. The zero-order chi connectivity index (χ0) is 13.7. The number of nitrogens with zero attached hydrogens (tertiary/aromatic N) is 1. The average Bonchev–Trinajstić information content (AvgIpc) is 2.33. The van der Waals surface area contributed by atoms with E-state index in [0.29, 0.717) is 0 Å². The third kappa shape index (κ3) is 4.35. The highest BCUT2D eigenvalue weighted by Gasteiger charge is 2.19. The lowest BCUT2D eigenvalue weighted by molar-refractivity contribution is -0.136. The van der Waals surface area contributed by atoms with Gasteiger partial charge in [-0.2, -0.15) is 0 Å². The standard InChI is InChI=1S/C16H23NO2/c1-2-17(11-14-4-3-5-14)12-15-8-6-13(7-9-15)10-16(18)19/h6-9,14H,2-5,10-12H2,1H3,(H,18,19). The molecular formula is C16H23NO2. The Bertz CT molecular complexity index is 409. The number of aliphatic carboxylic acids is 1. The van der Waals surface area contributed by atoms with E-state index >= 15 is 0 Å². The topological polar surface area (TPSA) is 40.5 Å². The van der Waals surface area contributed by atoms with Crippen LogP contribution in [0.5, 0.6) is 0 Å². The Kier molecular flexibility index (Phi) is 4.97. The van der Waals surface area contributed by atoms with Crippen LogP contribution in [0, 0.1) is 5.92 Å². The van der Waals surface area contributed by atoms with Crippen LogP contribution in [0.1, 0.15) is 37.3 Å². The van der Waals surface area contributed by atoms with Crippen molar-refractivity contribution in [2.75, 3.05) is 13.1 Å². The van der Waals surface area contributed by atoms with Crippen molar-refractivity contribution >= 4 is 5.97 Å². The Morgan fingerprint density at radius 3 is 2.37 bits per heavy atom. The number of hydrogen-bond donors (Lipinski definition) is 1. The molecule has 1 fully saturated rings. The van der Waals surface area contributed by atoms with Gasteiger partial charge in [-0.3, -0.25) is 9.69 Å². The van der Waals surface area contributed by atoms with Gasteiger partial charge in [0, 0.05) is 13.1 Å². The minimum Gasteiger partial charge on any atom is -0.481 e. The van der Waals surface area contributed by atoms with Gasteiger partial charge < -0.3 is 5.11 Å². The normalized spacial score (nSPS) is 15.5. The molecule has 0 bridgehead atoms. The molecule has 1 N–H and O–H groups in total. The van der Waals surface area contributed by atoms with Crippen LogP contribution in [0.25, 0.3) is 0 Å². The third-order valence-electron chi connectivity index (χ3n) is 3.97. The van der Waals surface area contributed by atoms with Gasteiger partial charge in [0.1, 0.15) is 0 Å². The molecule has 0 radical (unpaired) electrons. The molecule has 3 heteroatoms. The fourth-order valence-corrected chi connectivity index (χ4v) is 2.54. The fourth-order valence-electron chi connectivity index (χ4n) is 2.54. The van der Waals surface area contributed by atoms with Crippen LogP contribution in [0.15, 0.2) is 24.3 Å². The summed E-state index contributed by atoms with van der Waals surface area (Å²) in [6.45, 7) is 5.46. The van der Waals surface area contributed by atoms with E-state index in [2.05, 4.69) is 24.0 Å². The molecule has 3 nitrogen and oxygen atoms in total. The summed E-state index contributed by atoms with van der Waals surface area (Å²) in [4.78, 5) is 13.1. The molecule has 1 saturated carbocycles. The third-order valence-corrected chi connectivity index (χ3v) is 3.97. The summed E-state index contributed by atoms with van der Waals surface area (Å²) in [7, 11) is 0. The van der Waals surface area contributed by atoms with Gasteiger partial charge in [0.05, 0.1) is 6.42 Å². The van der Waals surface area contributed by atoms with Gasteiger partial charge in [0.2, 0.25) is 0 Å². The SMILES string of the molecule is CCN(Cc1ccc(CC(=O)O)cc1)CC1CCC1. The van der Waals surface area contributed by atoms with Crippen molar-refractivity contribution in [3.8, 4) is 0 Å². The molecule has 2 rings (SSSR count). The van der Waals surface area contributed by atoms with E-state index in [-0.39, 0.29) is 6.42 Å². The Labute approximate surface area is 115 Å². The van der Waals surface area contributed by atoms with E-state index in [1.165, 1.54) is 31.4 Å². The molecule has 0 amide bonds. The average molecular weight is 261 g/mol. The summed E-state index contributed by atoms with van der Waals surface area (Å²) in [5.41, 5.74) is 2.15. The summed E-state index contributed by atoms with van der Waals surface area (Å²) in [5.74, 6) is 0.124. The van der Waals surface area contributed by atoms with Crippen LogP contribution < -0.4 is 0 Å². The lowest BCUT2D eigenvalue weighted by Gasteiger charge is -2.31. The molecule has 1 aromatic carbocycles. The monoisotopic (exact) mass is 261 g/mol. The van der Waals surface area contributed by atoms with Crippen LogP contribution >= 0.6 is 0 Å². The molecule has 0 spiro atoms. The zero-order valence-corrected chi connectivity index (χ0v) is 11.6. The predicted octanol–water partition coefficient (Wildman–Crippen LogP) is 2.94. The van der Waals surface area contributed by atoms with Crippen molar-refractivity contribution in [3.63, 3.8) is 0 Å². The summed E-state index contributed by atoms with van der Waals surface area (Å²) >= 11 is 0. The van der Waals surface area contributed by atoms with Crippen LogP contribution in [0.2, 0.25) is 0 Å². The number of carboxylic acids is 1. The van der Waals surface area contributed by atoms with Crippen molar-refractivity contribution < 1.29 is 9.90 Å². The minimum atomic E-state index is -0.770. The maximum Gasteiger partial charge on any atom is 0.307 e. The largest absolute Gasteiger partial charge is 0.481 e. The zero-order valence-electron chi connectivity index (χ0n) is 11.6. The van der Waals surface area contributed by atoms with Gasteiger partial charge in [-0.15, -0.1) is 0 Å². The van der Waals surface area contributed by atoms with E-state index in [0.717, 1.165) is 24.6 Å². The molecule has 19 heavy (non-hydrogen) atoms. The van der Waals surface area contributed by atoms with Crippen molar-refractivity contribution in [3.05, 3.63) is 35.4 Å². The molecule has 0 aliphatic heterocycles. The second kappa shape index (κ2) is 6.71. The summed E-state index contributed by atoms with van der Waals surface area (Å²) in [6, 6.07) is 7.98. The van der Waals surface area contributed by atoms with E-state index < -0.39 is 5.97 Å². The molecule has 1 aliphatic rings. The summed E-state index contributed by atoms with van der Waals surface area (Å²) < 4.78 is 0. The van der Waals surface area contributed by atoms with E-state index in [9.17, 15) is 4.79 Å². The first kappa shape index (κ1) is 14.1. The van der Waals surface area contributed by atoms with Gasteiger partial charge in [-0.25, -0.2) is 0 Å². The van der Waals surface area contributed by atoms with E-state index in [4.69, 9.17) is 5.11 Å². The quantitative estimate of drug-likeness (QED) is 0.820. The number of hydrogen-bond acceptors (Lipinski definition) is 2. The van der Waals surface area contributed by atoms with Gasteiger partial charge in [0.25, 0.3) is 0 Å². The minimum absolute atomic E-state index is 0.111. The molecule has 1 aliphatic carbocycles. The molecule has 0 heterocycles. The van der Waals surface area contributed by atoms with Crippen LogP contribution in [-0.4, -0.2) is 29.1 Å². The molecule has 104 valence electrons. The van der Waals surface area contributed by atoms with Crippen molar-refractivity contribution in [1.82, 2.24) is 4.90 Å². The molecule has 0 saturated heterocycles. The maximum absolute atomic E-state index is 10.6.